The molecule has 0 aliphatic carbocycles. The first-order valence-corrected chi connectivity index (χ1v) is 8.18. The molecule has 1 aromatic heterocycles. The van der Waals surface area contributed by atoms with Crippen molar-refractivity contribution in [2.75, 3.05) is 21.3 Å². The number of hydrogen-bond donors (Lipinski definition) is 2. The quantitative estimate of drug-likeness (QED) is 0.630. The van der Waals surface area contributed by atoms with Gasteiger partial charge in [0.2, 0.25) is 0 Å². The lowest BCUT2D eigenvalue weighted by molar-refractivity contribution is 0.354. The second-order valence-corrected chi connectivity index (χ2v) is 6.35. The zero-order chi connectivity index (χ0) is 16.7. The molecule has 124 valence electrons. The average molecular weight is 333 g/mol. The predicted molar refractivity (Wildman–Crippen MR) is 95.6 cm³/mol. The van der Waals surface area contributed by atoms with Crippen LogP contribution in [0.3, 0.4) is 0 Å². The lowest BCUT2D eigenvalue weighted by Crippen LogP contribution is -2.36. The summed E-state index contributed by atoms with van der Waals surface area (Å²) in [5.74, 6) is 2.22. The van der Waals surface area contributed by atoms with Crippen molar-refractivity contribution in [2.24, 2.45) is 4.99 Å². The highest BCUT2D eigenvalue weighted by Crippen LogP contribution is 2.27. The molecule has 2 rings (SSSR count). The summed E-state index contributed by atoms with van der Waals surface area (Å²) in [6.45, 7) is 3.53. The number of ether oxygens (including phenoxy) is 2. The Morgan fingerprint density at radius 1 is 1.04 bits per heavy atom. The number of rotatable bonds is 6. The normalized spacial score (nSPS) is 11.2. The molecule has 6 heteroatoms. The molecule has 0 atom stereocenters. The molecule has 2 N–H and O–H groups in total. The summed E-state index contributed by atoms with van der Waals surface area (Å²) >= 11 is 1.79. The van der Waals surface area contributed by atoms with Crippen molar-refractivity contribution in [2.45, 2.75) is 20.0 Å². The van der Waals surface area contributed by atoms with Gasteiger partial charge in [-0.3, -0.25) is 4.99 Å². The molecule has 0 aliphatic heterocycles. The van der Waals surface area contributed by atoms with Gasteiger partial charge in [-0.25, -0.2) is 0 Å². The van der Waals surface area contributed by atoms with Gasteiger partial charge in [-0.2, -0.15) is 0 Å². The first kappa shape index (κ1) is 17.1. The molecule has 0 unspecified atom stereocenters. The van der Waals surface area contributed by atoms with Gasteiger partial charge in [0.05, 0.1) is 20.8 Å². The van der Waals surface area contributed by atoms with Crippen LogP contribution in [-0.2, 0) is 13.1 Å². The number of methoxy groups -OCH3 is 2. The van der Waals surface area contributed by atoms with Crippen molar-refractivity contribution in [3.63, 3.8) is 0 Å². The van der Waals surface area contributed by atoms with Crippen molar-refractivity contribution < 1.29 is 9.47 Å². The fourth-order valence-electron chi connectivity index (χ4n) is 2.15. The number of nitrogens with zero attached hydrogens (tertiary/aromatic N) is 1. The number of nitrogens with one attached hydrogen (secondary N) is 2. The van der Waals surface area contributed by atoms with Gasteiger partial charge in [0.15, 0.2) is 17.5 Å². The standard InChI is InChI=1S/C17H23N3O2S/c1-12-5-7-14(23-12)11-20-17(18-2)19-10-13-6-8-15(21-3)16(9-13)22-4/h5-9H,10-11H2,1-4H3,(H2,18,19,20). The molecular formula is C17H23N3O2S. The third-order valence-electron chi connectivity index (χ3n) is 3.36. The molecule has 2 aromatic rings. The summed E-state index contributed by atoms with van der Waals surface area (Å²) in [5.41, 5.74) is 1.09. The fraction of sp³-hybridized carbons (Fsp3) is 0.353. The third-order valence-corrected chi connectivity index (χ3v) is 4.36. The molecule has 0 aliphatic rings. The minimum absolute atomic E-state index is 0.656. The van der Waals surface area contributed by atoms with Crippen molar-refractivity contribution >= 4 is 17.3 Å². The van der Waals surface area contributed by atoms with E-state index in [4.69, 9.17) is 9.47 Å². The molecule has 0 saturated heterocycles. The van der Waals surface area contributed by atoms with Gasteiger partial charge in [-0.05, 0) is 36.8 Å². The van der Waals surface area contributed by atoms with Crippen LogP contribution in [0.1, 0.15) is 15.3 Å². The molecular weight excluding hydrogens is 310 g/mol. The van der Waals surface area contributed by atoms with Crippen LogP contribution in [0.2, 0.25) is 0 Å². The Morgan fingerprint density at radius 3 is 2.39 bits per heavy atom. The Balaban J connectivity index is 1.90. The fourth-order valence-corrected chi connectivity index (χ4v) is 2.98. The second kappa shape index (κ2) is 8.43. The second-order valence-electron chi connectivity index (χ2n) is 4.98. The molecule has 0 saturated carbocycles. The van der Waals surface area contributed by atoms with Crippen LogP contribution in [0, 0.1) is 6.92 Å². The molecule has 1 aromatic carbocycles. The van der Waals surface area contributed by atoms with Crippen LogP contribution >= 0.6 is 11.3 Å². The molecule has 1 heterocycles. The number of thiophene rings is 1. The molecule has 0 bridgehead atoms. The summed E-state index contributed by atoms with van der Waals surface area (Å²) in [6.07, 6.45) is 0. The first-order chi connectivity index (χ1) is 11.2. The summed E-state index contributed by atoms with van der Waals surface area (Å²) in [5, 5.41) is 6.61. The number of guanidine groups is 1. The van der Waals surface area contributed by atoms with E-state index < -0.39 is 0 Å². The smallest absolute Gasteiger partial charge is 0.191 e. The molecule has 0 amide bonds. The van der Waals surface area contributed by atoms with Gasteiger partial charge in [0.25, 0.3) is 0 Å². The SMILES string of the molecule is CN=C(NCc1ccc(OC)c(OC)c1)NCc1ccc(C)s1. The van der Waals surface area contributed by atoms with E-state index in [-0.39, 0.29) is 0 Å². The van der Waals surface area contributed by atoms with Gasteiger partial charge in [-0.1, -0.05) is 6.07 Å². The maximum atomic E-state index is 5.32. The monoisotopic (exact) mass is 333 g/mol. The van der Waals surface area contributed by atoms with E-state index in [1.165, 1.54) is 9.75 Å². The van der Waals surface area contributed by atoms with Gasteiger partial charge in [0.1, 0.15) is 0 Å². The van der Waals surface area contributed by atoms with Gasteiger partial charge in [-0.15, -0.1) is 11.3 Å². The first-order valence-electron chi connectivity index (χ1n) is 7.37. The Morgan fingerprint density at radius 2 is 1.78 bits per heavy atom. The topological polar surface area (TPSA) is 54.9 Å². The minimum Gasteiger partial charge on any atom is -0.493 e. The maximum absolute atomic E-state index is 5.32. The Labute approximate surface area is 141 Å². The molecule has 5 nitrogen and oxygen atoms in total. The van der Waals surface area contributed by atoms with E-state index in [0.29, 0.717) is 6.54 Å². The van der Waals surface area contributed by atoms with Crippen molar-refractivity contribution in [1.29, 1.82) is 0 Å². The minimum atomic E-state index is 0.656. The van der Waals surface area contributed by atoms with Crippen molar-refractivity contribution in [3.8, 4) is 11.5 Å². The van der Waals surface area contributed by atoms with Crippen molar-refractivity contribution in [1.82, 2.24) is 10.6 Å². The zero-order valence-electron chi connectivity index (χ0n) is 14.0. The van der Waals surface area contributed by atoms with E-state index >= 15 is 0 Å². The van der Waals surface area contributed by atoms with Crippen LogP contribution in [0.25, 0.3) is 0 Å². The zero-order valence-corrected chi connectivity index (χ0v) is 14.8. The lowest BCUT2D eigenvalue weighted by Gasteiger charge is -2.13. The Hall–Kier alpha value is -2.21. The predicted octanol–water partition coefficient (Wildman–Crippen LogP) is 2.94. The highest BCUT2D eigenvalue weighted by molar-refractivity contribution is 7.11. The number of hydrogen-bond acceptors (Lipinski definition) is 4. The van der Waals surface area contributed by atoms with E-state index in [9.17, 15) is 0 Å². The molecule has 0 spiro atoms. The van der Waals surface area contributed by atoms with Crippen LogP contribution in [0.5, 0.6) is 11.5 Å². The molecule has 0 radical (unpaired) electrons. The summed E-state index contributed by atoms with van der Waals surface area (Å²) in [6, 6.07) is 10.1. The van der Waals surface area contributed by atoms with E-state index in [1.54, 1.807) is 32.6 Å². The molecule has 23 heavy (non-hydrogen) atoms. The van der Waals surface area contributed by atoms with E-state index in [0.717, 1.165) is 29.6 Å². The lowest BCUT2D eigenvalue weighted by atomic mass is 10.2. The number of aryl methyl sites for hydroxylation is 1. The third kappa shape index (κ3) is 4.89. The van der Waals surface area contributed by atoms with Crippen LogP contribution < -0.4 is 20.1 Å². The highest BCUT2D eigenvalue weighted by atomic mass is 32.1. The maximum Gasteiger partial charge on any atom is 0.191 e. The van der Waals surface area contributed by atoms with Crippen LogP contribution in [-0.4, -0.2) is 27.2 Å². The summed E-state index contributed by atoms with van der Waals surface area (Å²) in [7, 11) is 5.04. The Bertz CT molecular complexity index is 668. The van der Waals surface area contributed by atoms with Gasteiger partial charge < -0.3 is 20.1 Å². The van der Waals surface area contributed by atoms with Gasteiger partial charge in [0, 0.05) is 23.3 Å². The molecule has 0 fully saturated rings. The Kier molecular flexibility index (Phi) is 6.29. The van der Waals surface area contributed by atoms with E-state index in [1.807, 2.05) is 18.2 Å². The largest absolute Gasteiger partial charge is 0.493 e. The summed E-state index contributed by atoms with van der Waals surface area (Å²) < 4.78 is 10.6. The van der Waals surface area contributed by atoms with Crippen LogP contribution in [0.15, 0.2) is 35.3 Å². The number of benzene rings is 1. The summed E-state index contributed by atoms with van der Waals surface area (Å²) in [4.78, 5) is 6.85. The van der Waals surface area contributed by atoms with Gasteiger partial charge >= 0.3 is 0 Å². The average Bonchev–Trinajstić information content (AvgIpc) is 3.00. The van der Waals surface area contributed by atoms with Crippen LogP contribution in [0.4, 0.5) is 0 Å². The van der Waals surface area contributed by atoms with E-state index in [2.05, 4.69) is 34.7 Å². The van der Waals surface area contributed by atoms with Crippen molar-refractivity contribution in [3.05, 3.63) is 45.6 Å². The number of aliphatic imine (C=N–C) groups is 1. The highest BCUT2D eigenvalue weighted by Gasteiger charge is 2.05.